The normalized spacial score (nSPS) is 25.2. The molecule has 4 fully saturated rings. The molecule has 1 amide bonds. The van der Waals surface area contributed by atoms with Crippen molar-refractivity contribution in [3.8, 4) is 0 Å². The van der Waals surface area contributed by atoms with Gasteiger partial charge in [-0.1, -0.05) is 60.7 Å². The second-order valence-electron chi connectivity index (χ2n) is 12.5. The Labute approximate surface area is 241 Å². The summed E-state index contributed by atoms with van der Waals surface area (Å²) in [6, 6.07) is 26.2. The number of hydrazone groups is 1. The smallest absolute Gasteiger partial charge is 0.260 e. The molecule has 6 nitrogen and oxygen atoms in total. The van der Waals surface area contributed by atoms with E-state index in [-0.39, 0.29) is 12.0 Å². The number of nitrogens with zero attached hydrogens (tertiary/aromatic N) is 2. The minimum absolute atomic E-state index is 0.237. The van der Waals surface area contributed by atoms with Gasteiger partial charge in [0.25, 0.3) is 5.91 Å². The highest BCUT2D eigenvalue weighted by Gasteiger charge is 2.51. The van der Waals surface area contributed by atoms with Crippen molar-refractivity contribution in [3.63, 3.8) is 0 Å². The number of hydrogen-bond donors (Lipinski definition) is 1. The molecule has 4 aliphatic carbocycles. The molecule has 4 aromatic carbocycles. The number of sulfonamides is 1. The van der Waals surface area contributed by atoms with Crippen LogP contribution in [0.1, 0.15) is 49.7 Å². The molecular weight excluding hydrogens is 530 g/mol. The van der Waals surface area contributed by atoms with Crippen molar-refractivity contribution in [3.05, 3.63) is 90.0 Å². The average molecular weight is 566 g/mol. The van der Waals surface area contributed by atoms with Crippen molar-refractivity contribution in [1.29, 1.82) is 0 Å². The number of rotatable bonds is 7. The van der Waals surface area contributed by atoms with Crippen molar-refractivity contribution < 1.29 is 13.2 Å². The molecule has 4 bridgehead atoms. The van der Waals surface area contributed by atoms with Gasteiger partial charge in [-0.2, -0.15) is 5.10 Å². The summed E-state index contributed by atoms with van der Waals surface area (Å²) >= 11 is 0. The Morgan fingerprint density at radius 2 is 1.41 bits per heavy atom. The van der Waals surface area contributed by atoms with Crippen molar-refractivity contribution in [2.24, 2.45) is 22.9 Å². The first-order chi connectivity index (χ1) is 19.8. The Morgan fingerprint density at radius 3 is 1.95 bits per heavy atom. The largest absolute Gasteiger partial charge is 0.271 e. The molecule has 1 N–H and O–H groups in total. The summed E-state index contributed by atoms with van der Waals surface area (Å²) in [5.41, 5.74) is 5.52. The van der Waals surface area contributed by atoms with Gasteiger partial charge in [-0.05, 0) is 107 Å². The predicted octanol–water partition coefficient (Wildman–Crippen LogP) is 6.38. The summed E-state index contributed by atoms with van der Waals surface area (Å²) in [5.74, 6) is 2.01. The van der Waals surface area contributed by atoms with E-state index >= 15 is 0 Å². The van der Waals surface area contributed by atoms with Crippen LogP contribution in [0, 0.1) is 17.8 Å². The number of benzene rings is 4. The van der Waals surface area contributed by atoms with E-state index in [9.17, 15) is 13.2 Å². The van der Waals surface area contributed by atoms with Crippen molar-refractivity contribution in [2.45, 2.75) is 43.9 Å². The quantitative estimate of drug-likeness (QED) is 0.161. The Balaban J connectivity index is 1.10. The van der Waals surface area contributed by atoms with Gasteiger partial charge >= 0.3 is 0 Å². The lowest BCUT2D eigenvalue weighted by Crippen LogP contribution is -2.48. The molecule has 7 heteroatoms. The number of amides is 1. The number of nitrogens with one attached hydrogen (secondary N) is 1. The second kappa shape index (κ2) is 9.98. The molecule has 4 aromatic rings. The van der Waals surface area contributed by atoms with Crippen LogP contribution >= 0.6 is 0 Å². The van der Waals surface area contributed by atoms with E-state index in [1.54, 1.807) is 6.21 Å². The Morgan fingerprint density at radius 1 is 0.878 bits per heavy atom. The van der Waals surface area contributed by atoms with Crippen LogP contribution < -0.4 is 9.73 Å². The average Bonchev–Trinajstić information content (AvgIpc) is 2.94. The molecule has 0 unspecified atom stereocenters. The topological polar surface area (TPSA) is 78.8 Å². The summed E-state index contributed by atoms with van der Waals surface area (Å²) in [6.07, 6.45) is 10.7. The summed E-state index contributed by atoms with van der Waals surface area (Å²) in [7, 11) is -3.69. The number of fused-ring (bicyclic) bond motifs is 2. The van der Waals surface area contributed by atoms with Crippen molar-refractivity contribution in [1.82, 2.24) is 5.43 Å². The monoisotopic (exact) mass is 565 g/mol. The zero-order valence-electron chi connectivity index (χ0n) is 23.3. The maximum Gasteiger partial charge on any atom is 0.260 e. The lowest BCUT2D eigenvalue weighted by Gasteiger charge is -2.57. The number of carbonyl (C=O) groups excluding carboxylic acids is 1. The van der Waals surface area contributed by atoms with Gasteiger partial charge in [-0.15, -0.1) is 0 Å². The predicted molar refractivity (Wildman–Crippen MR) is 166 cm³/mol. The molecule has 4 aliphatic rings. The second-order valence-corrected chi connectivity index (χ2v) is 14.4. The Bertz CT molecular complexity index is 1690. The third kappa shape index (κ3) is 4.90. The molecule has 210 valence electrons. The van der Waals surface area contributed by atoms with E-state index in [0.717, 1.165) is 55.4 Å². The number of anilines is 1. The molecule has 0 aliphatic heterocycles. The molecule has 0 radical (unpaired) electrons. The minimum atomic E-state index is -3.69. The summed E-state index contributed by atoms with van der Waals surface area (Å²) < 4.78 is 26.7. The first kappa shape index (κ1) is 26.2. The summed E-state index contributed by atoms with van der Waals surface area (Å²) in [5, 5.41) is 8.47. The van der Waals surface area contributed by atoms with Crippen LogP contribution in [-0.2, 0) is 20.2 Å². The highest BCUT2D eigenvalue weighted by atomic mass is 32.2. The van der Waals surface area contributed by atoms with Crippen LogP contribution in [0.4, 0.5) is 5.69 Å². The fraction of sp³-hybridized carbons (Fsp3) is 0.353. The first-order valence-corrected chi connectivity index (χ1v) is 16.4. The number of carbonyl (C=O) groups is 1. The molecule has 4 saturated carbocycles. The van der Waals surface area contributed by atoms with Gasteiger partial charge in [-0.3, -0.25) is 9.10 Å². The molecule has 0 atom stereocenters. The maximum absolute atomic E-state index is 13.0. The summed E-state index contributed by atoms with van der Waals surface area (Å²) in [4.78, 5) is 13.0. The van der Waals surface area contributed by atoms with Gasteiger partial charge in [0.15, 0.2) is 0 Å². The van der Waals surface area contributed by atoms with Gasteiger partial charge in [0.1, 0.15) is 6.54 Å². The highest BCUT2D eigenvalue weighted by molar-refractivity contribution is 7.92. The van der Waals surface area contributed by atoms with Crippen LogP contribution in [0.25, 0.3) is 21.5 Å². The molecule has 0 aromatic heterocycles. The molecule has 0 saturated heterocycles. The highest BCUT2D eigenvalue weighted by Crippen LogP contribution is 2.60. The zero-order valence-corrected chi connectivity index (χ0v) is 24.1. The molecule has 0 spiro atoms. The van der Waals surface area contributed by atoms with E-state index in [4.69, 9.17) is 0 Å². The van der Waals surface area contributed by atoms with Crippen LogP contribution in [0.3, 0.4) is 0 Å². The van der Waals surface area contributed by atoms with E-state index in [0.29, 0.717) is 5.69 Å². The van der Waals surface area contributed by atoms with Crippen LogP contribution in [0.15, 0.2) is 84.0 Å². The van der Waals surface area contributed by atoms with Gasteiger partial charge in [0, 0.05) is 5.56 Å². The van der Waals surface area contributed by atoms with Crippen LogP contribution in [0.5, 0.6) is 0 Å². The summed E-state index contributed by atoms with van der Waals surface area (Å²) in [6.45, 7) is -0.344. The minimum Gasteiger partial charge on any atom is -0.271 e. The number of hydrogen-bond acceptors (Lipinski definition) is 4. The molecule has 41 heavy (non-hydrogen) atoms. The van der Waals surface area contributed by atoms with E-state index < -0.39 is 15.9 Å². The fourth-order valence-corrected chi connectivity index (χ4v) is 9.22. The van der Waals surface area contributed by atoms with Crippen molar-refractivity contribution in [2.75, 3.05) is 17.1 Å². The van der Waals surface area contributed by atoms with E-state index in [2.05, 4.69) is 40.9 Å². The molecular formula is C34H35N3O3S. The molecule has 8 rings (SSSR count). The SMILES string of the molecule is CS(=O)(=O)N(CC(=O)N/N=C\c1c2ccccc2cc2ccccc12)c1ccc(C23CC4CC(CC(C4)C2)C3)cc1. The van der Waals surface area contributed by atoms with Crippen LogP contribution in [0.2, 0.25) is 0 Å². The van der Waals surface area contributed by atoms with Crippen LogP contribution in [-0.4, -0.2) is 33.3 Å². The van der Waals surface area contributed by atoms with Gasteiger partial charge < -0.3 is 0 Å². The first-order valence-electron chi connectivity index (χ1n) is 14.6. The Kier molecular flexibility index (Phi) is 6.38. The fourth-order valence-electron chi connectivity index (χ4n) is 8.37. The third-order valence-corrected chi connectivity index (χ3v) is 10.8. The van der Waals surface area contributed by atoms with Gasteiger partial charge in [0.05, 0.1) is 18.2 Å². The standard InChI is InChI=1S/C34H35N3O3S/c1-41(39,40)37(29-12-10-28(11-13-29)34-18-23-14-24(19-34)16-25(15-23)20-34)22-33(38)36-35-21-32-30-8-4-2-6-26(30)17-27-7-3-5-9-31(27)32/h2-13,17,21,23-25H,14-16,18-20,22H2,1H3,(H,36,38)/b35-21-. The van der Waals surface area contributed by atoms with Crippen molar-refractivity contribution >= 4 is 49.4 Å². The Hall–Kier alpha value is -3.71. The van der Waals surface area contributed by atoms with E-state index in [1.165, 1.54) is 44.1 Å². The maximum atomic E-state index is 13.0. The van der Waals surface area contributed by atoms with Gasteiger partial charge in [-0.25, -0.2) is 13.8 Å². The lowest BCUT2D eigenvalue weighted by atomic mass is 9.48. The molecule has 0 heterocycles. The van der Waals surface area contributed by atoms with E-state index in [1.807, 2.05) is 48.5 Å². The lowest BCUT2D eigenvalue weighted by molar-refractivity contribution is -0.119. The third-order valence-electron chi connectivity index (χ3n) is 9.69. The zero-order chi connectivity index (χ0) is 28.2. The van der Waals surface area contributed by atoms with Gasteiger partial charge in [0.2, 0.25) is 10.0 Å².